The summed E-state index contributed by atoms with van der Waals surface area (Å²) < 4.78 is 0. The number of hydrogen-bond donors (Lipinski definition) is 1. The standard InChI is InChI=1S/C8H6N4O7/c1-4(13)10(9-15)5-2-6(11(16)17)8(14)7(3-5)12(18)19/h2-3,14H,1H3. The second-order valence-electron chi connectivity index (χ2n) is 3.26. The molecule has 0 fully saturated rings. The van der Waals surface area contributed by atoms with E-state index in [4.69, 9.17) is 0 Å². The first-order valence-electron chi connectivity index (χ1n) is 4.59. The van der Waals surface area contributed by atoms with Crippen LogP contribution in [0.3, 0.4) is 0 Å². The number of carbonyl (C=O) groups excluding carboxylic acids is 1. The first kappa shape index (κ1) is 14.0. The fourth-order valence-electron chi connectivity index (χ4n) is 1.28. The van der Waals surface area contributed by atoms with Crippen LogP contribution in [0.4, 0.5) is 17.1 Å². The Hall–Kier alpha value is -3.11. The minimum absolute atomic E-state index is 0.194. The molecule has 11 nitrogen and oxygen atoms in total. The van der Waals surface area contributed by atoms with Crippen molar-refractivity contribution in [3.05, 3.63) is 37.3 Å². The van der Waals surface area contributed by atoms with Gasteiger partial charge in [0.15, 0.2) is 0 Å². The molecule has 0 aliphatic heterocycles. The van der Waals surface area contributed by atoms with Gasteiger partial charge in [0.25, 0.3) is 5.75 Å². The van der Waals surface area contributed by atoms with Crippen molar-refractivity contribution < 1.29 is 19.7 Å². The van der Waals surface area contributed by atoms with Crippen LogP contribution in [0.5, 0.6) is 5.75 Å². The Morgan fingerprint density at radius 1 is 1.26 bits per heavy atom. The zero-order valence-corrected chi connectivity index (χ0v) is 9.34. The van der Waals surface area contributed by atoms with Crippen molar-refractivity contribution in [1.29, 1.82) is 0 Å². The van der Waals surface area contributed by atoms with Crippen molar-refractivity contribution in [3.8, 4) is 5.75 Å². The van der Waals surface area contributed by atoms with Crippen molar-refractivity contribution in [2.45, 2.75) is 6.92 Å². The van der Waals surface area contributed by atoms with Gasteiger partial charge < -0.3 is 5.11 Å². The first-order chi connectivity index (χ1) is 8.79. The average molecular weight is 270 g/mol. The predicted octanol–water partition coefficient (Wildman–Crippen LogP) is 1.24. The van der Waals surface area contributed by atoms with Crippen molar-refractivity contribution >= 4 is 23.0 Å². The fourth-order valence-corrected chi connectivity index (χ4v) is 1.28. The molecule has 0 atom stereocenters. The molecule has 1 aromatic carbocycles. The second kappa shape index (κ2) is 5.03. The number of nitrogens with zero attached hydrogens (tertiary/aromatic N) is 4. The zero-order valence-electron chi connectivity index (χ0n) is 9.34. The molecule has 0 spiro atoms. The lowest BCUT2D eigenvalue weighted by molar-refractivity contribution is -0.396. The average Bonchev–Trinajstić information content (AvgIpc) is 2.30. The summed E-state index contributed by atoms with van der Waals surface area (Å²) in [5.74, 6) is -2.07. The Bertz CT molecular complexity index is 549. The molecule has 0 aliphatic carbocycles. The second-order valence-corrected chi connectivity index (χ2v) is 3.26. The molecular weight excluding hydrogens is 264 g/mol. The summed E-state index contributed by atoms with van der Waals surface area (Å²) in [5, 5.41) is 33.1. The number of nitroso groups, excluding NO2 is 1. The molecule has 0 radical (unpaired) electrons. The lowest BCUT2D eigenvalue weighted by atomic mass is 10.2. The maximum atomic E-state index is 11.1. The molecule has 0 saturated carbocycles. The number of hydrogen-bond acceptors (Lipinski definition) is 8. The van der Waals surface area contributed by atoms with Crippen LogP contribution in [-0.4, -0.2) is 20.9 Å². The summed E-state index contributed by atoms with van der Waals surface area (Å²) in [7, 11) is 0. The minimum Gasteiger partial charge on any atom is -0.497 e. The van der Waals surface area contributed by atoms with Crippen LogP contribution in [0.2, 0.25) is 0 Å². The van der Waals surface area contributed by atoms with E-state index < -0.39 is 38.6 Å². The topological polar surface area (TPSA) is 156 Å². The van der Waals surface area contributed by atoms with Crippen molar-refractivity contribution in [1.82, 2.24) is 0 Å². The summed E-state index contributed by atoms with van der Waals surface area (Å²) in [4.78, 5) is 40.6. The molecule has 0 heterocycles. The van der Waals surface area contributed by atoms with E-state index in [9.17, 15) is 35.0 Å². The van der Waals surface area contributed by atoms with Crippen molar-refractivity contribution in [2.24, 2.45) is 5.29 Å². The van der Waals surface area contributed by atoms with Gasteiger partial charge in [0.05, 0.1) is 20.8 Å². The van der Waals surface area contributed by atoms with Gasteiger partial charge in [0.1, 0.15) is 0 Å². The summed E-state index contributed by atoms with van der Waals surface area (Å²) >= 11 is 0. The molecule has 0 saturated heterocycles. The quantitative estimate of drug-likeness (QED) is 0.489. The van der Waals surface area contributed by atoms with E-state index in [1.54, 1.807) is 0 Å². The van der Waals surface area contributed by atoms with E-state index in [0.717, 1.165) is 6.92 Å². The van der Waals surface area contributed by atoms with Crippen LogP contribution in [0.1, 0.15) is 6.92 Å². The van der Waals surface area contributed by atoms with Gasteiger partial charge in [-0.2, -0.15) is 5.01 Å². The monoisotopic (exact) mass is 270 g/mol. The third-order valence-electron chi connectivity index (χ3n) is 2.07. The van der Waals surface area contributed by atoms with Crippen LogP contribution in [0.25, 0.3) is 0 Å². The van der Waals surface area contributed by atoms with Crippen molar-refractivity contribution in [3.63, 3.8) is 0 Å². The molecule has 1 amide bonds. The van der Waals surface area contributed by atoms with E-state index in [0.29, 0.717) is 12.1 Å². The number of carbonyl (C=O) groups is 1. The summed E-state index contributed by atoms with van der Waals surface area (Å²) in [5.41, 5.74) is -2.52. The highest BCUT2D eigenvalue weighted by molar-refractivity contribution is 5.92. The highest BCUT2D eigenvalue weighted by atomic mass is 16.6. The molecule has 19 heavy (non-hydrogen) atoms. The molecule has 11 heteroatoms. The van der Waals surface area contributed by atoms with Gasteiger partial charge in [0.2, 0.25) is 5.91 Å². The third-order valence-corrected chi connectivity index (χ3v) is 2.07. The van der Waals surface area contributed by atoms with E-state index in [1.165, 1.54) is 0 Å². The molecular formula is C8H6N4O7. The predicted molar refractivity (Wildman–Crippen MR) is 60.4 cm³/mol. The van der Waals surface area contributed by atoms with Crippen LogP contribution in [-0.2, 0) is 4.79 Å². The molecule has 0 aromatic heterocycles. The van der Waals surface area contributed by atoms with Gasteiger partial charge in [-0.3, -0.25) is 25.0 Å². The number of aromatic hydroxyl groups is 1. The zero-order chi connectivity index (χ0) is 14.7. The fraction of sp³-hybridized carbons (Fsp3) is 0.125. The number of amides is 1. The van der Waals surface area contributed by atoms with Crippen LogP contribution in [0, 0.1) is 25.1 Å². The minimum atomic E-state index is -1.17. The summed E-state index contributed by atoms with van der Waals surface area (Å²) in [6.07, 6.45) is 0. The molecule has 1 rings (SSSR count). The lowest BCUT2D eigenvalue weighted by Crippen LogP contribution is -2.21. The SMILES string of the molecule is CC(=O)N(N=O)c1cc([N+](=O)[O-])c(O)c([N+](=O)[O-])c1. The van der Waals surface area contributed by atoms with Crippen LogP contribution >= 0.6 is 0 Å². The van der Waals surface area contributed by atoms with Gasteiger partial charge >= 0.3 is 11.4 Å². The number of phenols is 1. The molecule has 0 bridgehead atoms. The lowest BCUT2D eigenvalue weighted by Gasteiger charge is -2.10. The van der Waals surface area contributed by atoms with Gasteiger partial charge in [-0.05, 0) is 0 Å². The van der Waals surface area contributed by atoms with Gasteiger partial charge in [-0.25, -0.2) is 0 Å². The normalized spacial score (nSPS) is 9.74. The van der Waals surface area contributed by atoms with Gasteiger partial charge in [-0.15, -0.1) is 4.91 Å². The Labute approximate surface area is 104 Å². The summed E-state index contributed by atoms with van der Waals surface area (Å²) in [6.45, 7) is 0.936. The molecule has 1 N–H and O–H groups in total. The molecule has 0 aliphatic rings. The number of phenolic OH excluding ortho intramolecular Hbond substituents is 1. The smallest absolute Gasteiger partial charge is 0.320 e. The highest BCUT2D eigenvalue weighted by Crippen LogP contribution is 2.39. The Kier molecular flexibility index (Phi) is 3.70. The number of benzene rings is 1. The largest absolute Gasteiger partial charge is 0.497 e. The molecule has 100 valence electrons. The maximum Gasteiger partial charge on any atom is 0.320 e. The van der Waals surface area contributed by atoms with E-state index >= 15 is 0 Å². The van der Waals surface area contributed by atoms with E-state index in [2.05, 4.69) is 5.29 Å². The Balaban J connectivity index is 3.59. The number of nitro benzene ring substituents is 2. The Morgan fingerprint density at radius 2 is 1.68 bits per heavy atom. The van der Waals surface area contributed by atoms with Crippen LogP contribution < -0.4 is 5.01 Å². The Morgan fingerprint density at radius 3 is 1.95 bits per heavy atom. The van der Waals surface area contributed by atoms with Gasteiger partial charge in [0, 0.05) is 19.1 Å². The molecule has 1 aromatic rings. The number of anilines is 1. The third kappa shape index (κ3) is 2.59. The van der Waals surface area contributed by atoms with E-state index in [-0.39, 0.29) is 5.01 Å². The van der Waals surface area contributed by atoms with Crippen LogP contribution in [0.15, 0.2) is 17.4 Å². The summed E-state index contributed by atoms with van der Waals surface area (Å²) in [6, 6.07) is 1.26. The highest BCUT2D eigenvalue weighted by Gasteiger charge is 2.29. The van der Waals surface area contributed by atoms with Crippen molar-refractivity contribution in [2.75, 3.05) is 5.01 Å². The number of rotatable bonds is 4. The van der Waals surface area contributed by atoms with E-state index in [1.807, 2.05) is 0 Å². The maximum absolute atomic E-state index is 11.1. The number of nitro groups is 2. The van der Waals surface area contributed by atoms with Gasteiger partial charge in [-0.1, -0.05) is 0 Å². The first-order valence-corrected chi connectivity index (χ1v) is 4.59. The molecule has 0 unspecified atom stereocenters.